The summed E-state index contributed by atoms with van der Waals surface area (Å²) >= 11 is 0. The Morgan fingerprint density at radius 3 is 2.78 bits per heavy atom. The molecule has 0 bridgehead atoms. The molecule has 2 fully saturated rings. The maximum Gasteiger partial charge on any atom is 0.0413 e. The van der Waals surface area contributed by atoms with Crippen LogP contribution in [0.5, 0.6) is 0 Å². The van der Waals surface area contributed by atoms with Gasteiger partial charge in [0.1, 0.15) is 0 Å². The van der Waals surface area contributed by atoms with Gasteiger partial charge in [-0.15, -0.1) is 0 Å². The highest BCUT2D eigenvalue weighted by Gasteiger charge is 2.46. The first kappa shape index (κ1) is 5.65. The highest BCUT2D eigenvalue weighted by atomic mass is 15.5. The molecular formula is C6H13N3. The fourth-order valence-electron chi connectivity index (χ4n) is 1.60. The fraction of sp³-hybridized carbons (Fsp3) is 1.00. The average molecular weight is 127 g/mol. The molecule has 2 unspecified atom stereocenters. The van der Waals surface area contributed by atoms with E-state index in [1.165, 1.54) is 6.42 Å². The molecule has 0 spiro atoms. The van der Waals surface area contributed by atoms with Gasteiger partial charge in [-0.05, 0) is 13.5 Å². The van der Waals surface area contributed by atoms with Crippen LogP contribution in [0.1, 0.15) is 6.42 Å². The van der Waals surface area contributed by atoms with E-state index >= 15 is 0 Å². The van der Waals surface area contributed by atoms with Gasteiger partial charge < -0.3 is 4.90 Å². The molecule has 1 aliphatic carbocycles. The standard InChI is InChI=1S/C6H13N3/c1-8-2-3-9(7)6-4-5(6)8/h5-6H,2-4,7H2,1H3. The fourth-order valence-corrected chi connectivity index (χ4v) is 1.60. The summed E-state index contributed by atoms with van der Waals surface area (Å²) in [7, 11) is 2.18. The number of fused-ring (bicyclic) bond motifs is 1. The summed E-state index contributed by atoms with van der Waals surface area (Å²) in [6.45, 7) is 2.18. The number of piperazine rings is 1. The van der Waals surface area contributed by atoms with Gasteiger partial charge in [-0.2, -0.15) is 0 Å². The maximum absolute atomic E-state index is 5.69. The Labute approximate surface area is 55.4 Å². The van der Waals surface area contributed by atoms with Gasteiger partial charge in [-0.25, -0.2) is 5.01 Å². The van der Waals surface area contributed by atoms with Gasteiger partial charge in [-0.1, -0.05) is 0 Å². The quantitative estimate of drug-likeness (QED) is 0.434. The summed E-state index contributed by atoms with van der Waals surface area (Å²) in [6, 6.07) is 1.47. The molecule has 1 saturated heterocycles. The Hall–Kier alpha value is -0.120. The smallest absolute Gasteiger partial charge is 0.0413 e. The van der Waals surface area contributed by atoms with Crippen LogP contribution in [0.4, 0.5) is 0 Å². The number of hydrogen-bond donors (Lipinski definition) is 1. The third kappa shape index (κ3) is 0.764. The SMILES string of the molecule is CN1CCN(N)C2CC21. The van der Waals surface area contributed by atoms with Gasteiger partial charge in [-0.3, -0.25) is 5.84 Å². The van der Waals surface area contributed by atoms with Gasteiger partial charge in [0.25, 0.3) is 0 Å². The van der Waals surface area contributed by atoms with Crippen molar-refractivity contribution in [1.29, 1.82) is 0 Å². The molecule has 2 rings (SSSR count). The second-order valence-electron chi connectivity index (χ2n) is 3.09. The van der Waals surface area contributed by atoms with E-state index in [2.05, 4.69) is 11.9 Å². The van der Waals surface area contributed by atoms with Crippen molar-refractivity contribution in [2.75, 3.05) is 20.1 Å². The summed E-state index contributed by atoms with van der Waals surface area (Å²) in [5, 5.41) is 1.98. The molecule has 2 N–H and O–H groups in total. The third-order valence-electron chi connectivity index (χ3n) is 2.43. The number of likely N-dealkylation sites (N-methyl/N-ethyl adjacent to an activating group) is 1. The predicted molar refractivity (Wildman–Crippen MR) is 35.7 cm³/mol. The highest BCUT2D eigenvalue weighted by Crippen LogP contribution is 2.33. The van der Waals surface area contributed by atoms with Crippen molar-refractivity contribution in [3.8, 4) is 0 Å². The topological polar surface area (TPSA) is 32.5 Å². The van der Waals surface area contributed by atoms with Crippen molar-refractivity contribution in [2.24, 2.45) is 5.84 Å². The minimum absolute atomic E-state index is 0.684. The molecule has 2 aliphatic rings. The van der Waals surface area contributed by atoms with Crippen LogP contribution in [-0.4, -0.2) is 42.1 Å². The van der Waals surface area contributed by atoms with E-state index in [1.54, 1.807) is 0 Å². The van der Waals surface area contributed by atoms with Crippen LogP contribution >= 0.6 is 0 Å². The molecule has 0 radical (unpaired) electrons. The van der Waals surface area contributed by atoms with E-state index < -0.39 is 0 Å². The Morgan fingerprint density at radius 2 is 2.11 bits per heavy atom. The predicted octanol–water partition coefficient (Wildman–Crippen LogP) is -0.752. The number of hydrogen-bond acceptors (Lipinski definition) is 3. The molecule has 0 aromatic rings. The molecule has 3 nitrogen and oxygen atoms in total. The molecule has 2 atom stereocenters. The molecule has 9 heavy (non-hydrogen) atoms. The lowest BCUT2D eigenvalue weighted by atomic mass is 10.4. The zero-order chi connectivity index (χ0) is 6.43. The summed E-state index contributed by atoms with van der Waals surface area (Å²) in [6.07, 6.45) is 1.28. The molecule has 3 heteroatoms. The Morgan fingerprint density at radius 1 is 1.33 bits per heavy atom. The molecule has 52 valence electrons. The number of rotatable bonds is 0. The van der Waals surface area contributed by atoms with Gasteiger partial charge in [0.2, 0.25) is 0 Å². The van der Waals surface area contributed by atoms with Crippen molar-refractivity contribution >= 4 is 0 Å². The molecule has 0 aromatic carbocycles. The third-order valence-corrected chi connectivity index (χ3v) is 2.43. The van der Waals surface area contributed by atoms with Gasteiger partial charge in [0.05, 0.1) is 0 Å². The second-order valence-corrected chi connectivity index (χ2v) is 3.09. The molecular weight excluding hydrogens is 114 g/mol. The van der Waals surface area contributed by atoms with Gasteiger partial charge in [0.15, 0.2) is 0 Å². The van der Waals surface area contributed by atoms with Crippen LogP contribution in [0.15, 0.2) is 0 Å². The van der Waals surface area contributed by atoms with Crippen LogP contribution in [-0.2, 0) is 0 Å². The van der Waals surface area contributed by atoms with Crippen molar-refractivity contribution < 1.29 is 0 Å². The lowest BCUT2D eigenvalue weighted by Crippen LogP contribution is -2.47. The summed E-state index contributed by atoms with van der Waals surface area (Å²) in [4.78, 5) is 2.40. The van der Waals surface area contributed by atoms with Crippen LogP contribution in [0.3, 0.4) is 0 Å². The van der Waals surface area contributed by atoms with E-state index in [4.69, 9.17) is 5.84 Å². The molecule has 0 amide bonds. The first-order valence-electron chi connectivity index (χ1n) is 3.50. The van der Waals surface area contributed by atoms with E-state index in [1.807, 2.05) is 5.01 Å². The van der Waals surface area contributed by atoms with Crippen LogP contribution in [0.2, 0.25) is 0 Å². The number of hydrazine groups is 1. The number of nitrogens with two attached hydrogens (primary N) is 1. The first-order valence-corrected chi connectivity index (χ1v) is 3.50. The van der Waals surface area contributed by atoms with Gasteiger partial charge in [0, 0.05) is 25.2 Å². The zero-order valence-electron chi connectivity index (χ0n) is 5.75. The van der Waals surface area contributed by atoms with Gasteiger partial charge >= 0.3 is 0 Å². The average Bonchev–Trinajstić information content (AvgIpc) is 2.57. The number of nitrogens with zero attached hydrogens (tertiary/aromatic N) is 2. The lowest BCUT2D eigenvalue weighted by Gasteiger charge is -2.27. The minimum atomic E-state index is 0.684. The van der Waals surface area contributed by atoms with Crippen molar-refractivity contribution in [3.63, 3.8) is 0 Å². The van der Waals surface area contributed by atoms with Crippen molar-refractivity contribution in [2.45, 2.75) is 18.5 Å². The summed E-state index contributed by atoms with van der Waals surface area (Å²) in [5.41, 5.74) is 0. The second kappa shape index (κ2) is 1.68. The summed E-state index contributed by atoms with van der Waals surface area (Å²) < 4.78 is 0. The maximum atomic E-state index is 5.69. The van der Waals surface area contributed by atoms with Crippen LogP contribution in [0, 0.1) is 0 Å². The van der Waals surface area contributed by atoms with Crippen LogP contribution < -0.4 is 5.84 Å². The Bertz CT molecular complexity index is 111. The first-order chi connectivity index (χ1) is 4.29. The minimum Gasteiger partial charge on any atom is -0.300 e. The molecule has 1 heterocycles. The molecule has 1 aliphatic heterocycles. The van der Waals surface area contributed by atoms with E-state index in [-0.39, 0.29) is 0 Å². The highest BCUT2D eigenvalue weighted by molar-refractivity contribution is 5.03. The van der Waals surface area contributed by atoms with Crippen molar-refractivity contribution in [1.82, 2.24) is 9.91 Å². The lowest BCUT2D eigenvalue weighted by molar-refractivity contribution is 0.151. The van der Waals surface area contributed by atoms with E-state index in [0.717, 1.165) is 19.1 Å². The monoisotopic (exact) mass is 127 g/mol. The van der Waals surface area contributed by atoms with Crippen molar-refractivity contribution in [3.05, 3.63) is 0 Å². The molecule has 0 aromatic heterocycles. The normalized spacial score (nSPS) is 44.7. The Kier molecular flexibility index (Phi) is 1.06. The van der Waals surface area contributed by atoms with Crippen LogP contribution in [0.25, 0.3) is 0 Å². The molecule has 1 saturated carbocycles. The largest absolute Gasteiger partial charge is 0.300 e. The Balaban J connectivity index is 2.01. The van der Waals surface area contributed by atoms with E-state index in [0.29, 0.717) is 6.04 Å². The zero-order valence-corrected chi connectivity index (χ0v) is 5.75. The van der Waals surface area contributed by atoms with E-state index in [9.17, 15) is 0 Å². The summed E-state index contributed by atoms with van der Waals surface area (Å²) in [5.74, 6) is 5.69.